The molecule has 9 nitrogen and oxygen atoms in total. The molecule has 0 saturated carbocycles. The lowest BCUT2D eigenvalue weighted by Crippen LogP contribution is -2.51. The Hall–Kier alpha value is -2.37. The maximum Gasteiger partial charge on any atom is 0.490 e. The number of alkyl halides is 3. The van der Waals surface area contributed by atoms with Gasteiger partial charge in [-0.1, -0.05) is 13.8 Å². The molecule has 12 heteroatoms. The molecule has 0 aliphatic rings. The van der Waals surface area contributed by atoms with Crippen LogP contribution in [0.4, 0.5) is 13.2 Å². The van der Waals surface area contributed by atoms with Gasteiger partial charge in [0.1, 0.15) is 12.1 Å². The van der Waals surface area contributed by atoms with E-state index in [9.17, 15) is 27.6 Å². The van der Waals surface area contributed by atoms with Crippen molar-refractivity contribution in [3.05, 3.63) is 0 Å². The van der Waals surface area contributed by atoms with Crippen molar-refractivity contribution in [2.45, 2.75) is 64.7 Å². The summed E-state index contributed by atoms with van der Waals surface area (Å²) in [4.78, 5) is 43.4. The van der Waals surface area contributed by atoms with Crippen LogP contribution in [-0.2, 0) is 19.2 Å². The summed E-state index contributed by atoms with van der Waals surface area (Å²) in [7, 11) is 0. The third-order valence-electron chi connectivity index (χ3n) is 3.21. The highest BCUT2D eigenvalue weighted by Gasteiger charge is 2.38. The molecule has 0 spiro atoms. The van der Waals surface area contributed by atoms with E-state index in [-0.39, 0.29) is 11.8 Å². The van der Waals surface area contributed by atoms with Gasteiger partial charge >= 0.3 is 18.1 Å². The smallest absolute Gasteiger partial charge is 0.480 e. The van der Waals surface area contributed by atoms with Crippen LogP contribution in [0.15, 0.2) is 0 Å². The van der Waals surface area contributed by atoms with Crippen LogP contribution in [0, 0.1) is 5.92 Å². The largest absolute Gasteiger partial charge is 0.490 e. The van der Waals surface area contributed by atoms with Crippen LogP contribution >= 0.6 is 0 Å². The molecule has 2 atom stereocenters. The summed E-state index contributed by atoms with van der Waals surface area (Å²) < 4.78 is 31.7. The monoisotopic (exact) mass is 415 g/mol. The van der Waals surface area contributed by atoms with Gasteiger partial charge in [-0.2, -0.15) is 13.2 Å². The first kappa shape index (κ1) is 27.8. The van der Waals surface area contributed by atoms with Gasteiger partial charge in [-0.15, -0.1) is 0 Å². The number of halogens is 3. The van der Waals surface area contributed by atoms with Gasteiger partial charge in [-0.25, -0.2) is 9.59 Å². The minimum absolute atomic E-state index is 0.202. The Morgan fingerprint density at radius 1 is 1.00 bits per heavy atom. The number of carbonyl (C=O) groups excluding carboxylic acids is 2. The maximum absolute atomic E-state index is 12.1. The van der Waals surface area contributed by atoms with E-state index in [1.165, 1.54) is 6.92 Å². The summed E-state index contributed by atoms with van der Waals surface area (Å²) >= 11 is 0. The predicted octanol–water partition coefficient (Wildman–Crippen LogP) is 0.869. The Balaban J connectivity index is 0. The fourth-order valence-corrected chi connectivity index (χ4v) is 1.97. The van der Waals surface area contributed by atoms with Crippen LogP contribution in [0.5, 0.6) is 0 Å². The zero-order chi connectivity index (χ0) is 22.5. The molecule has 0 aromatic heterocycles. The van der Waals surface area contributed by atoms with Gasteiger partial charge in [0.15, 0.2) is 0 Å². The summed E-state index contributed by atoms with van der Waals surface area (Å²) in [6, 6.07) is -1.66. The first-order chi connectivity index (χ1) is 12.7. The highest BCUT2D eigenvalue weighted by molar-refractivity contribution is 5.89. The Labute approximate surface area is 160 Å². The molecule has 0 aromatic rings. The number of carbonyl (C=O) groups is 4. The summed E-state index contributed by atoms with van der Waals surface area (Å²) in [5.41, 5.74) is 5.37. The van der Waals surface area contributed by atoms with Crippen LogP contribution in [0.2, 0.25) is 0 Å². The number of rotatable bonds is 10. The first-order valence-corrected chi connectivity index (χ1v) is 8.52. The number of unbranched alkanes of at least 4 members (excludes halogenated alkanes) is 1. The lowest BCUT2D eigenvalue weighted by atomic mass is 10.0. The van der Waals surface area contributed by atoms with Crippen molar-refractivity contribution in [1.82, 2.24) is 10.6 Å². The van der Waals surface area contributed by atoms with Crippen molar-refractivity contribution in [1.29, 1.82) is 0 Å². The van der Waals surface area contributed by atoms with Crippen molar-refractivity contribution in [3.8, 4) is 0 Å². The molecule has 0 saturated heterocycles. The molecule has 2 amide bonds. The quantitative estimate of drug-likeness (QED) is 0.331. The summed E-state index contributed by atoms with van der Waals surface area (Å²) in [5.74, 6) is -4.41. The highest BCUT2D eigenvalue weighted by Crippen LogP contribution is 2.13. The normalized spacial score (nSPS) is 13.0. The molecule has 28 heavy (non-hydrogen) atoms. The van der Waals surface area contributed by atoms with Gasteiger partial charge in [0, 0.05) is 6.92 Å². The second-order valence-corrected chi connectivity index (χ2v) is 6.37. The molecule has 0 radical (unpaired) electrons. The zero-order valence-electron chi connectivity index (χ0n) is 16.0. The summed E-state index contributed by atoms with van der Waals surface area (Å²) in [6.45, 7) is 5.68. The van der Waals surface area contributed by atoms with Crippen LogP contribution in [0.25, 0.3) is 0 Å². The van der Waals surface area contributed by atoms with E-state index in [1.807, 2.05) is 13.8 Å². The lowest BCUT2D eigenvalue weighted by Gasteiger charge is -2.22. The van der Waals surface area contributed by atoms with E-state index in [2.05, 4.69) is 10.6 Å². The number of nitrogens with two attached hydrogens (primary N) is 1. The van der Waals surface area contributed by atoms with Crippen LogP contribution in [-0.4, -0.2) is 58.8 Å². The van der Waals surface area contributed by atoms with E-state index in [1.54, 1.807) is 0 Å². The van der Waals surface area contributed by atoms with Crippen LogP contribution in [0.1, 0.15) is 46.5 Å². The van der Waals surface area contributed by atoms with E-state index < -0.39 is 36.1 Å². The van der Waals surface area contributed by atoms with Crippen molar-refractivity contribution in [2.75, 3.05) is 6.54 Å². The first-order valence-electron chi connectivity index (χ1n) is 8.52. The molecule has 164 valence electrons. The summed E-state index contributed by atoms with van der Waals surface area (Å²) in [5, 5.41) is 21.3. The van der Waals surface area contributed by atoms with Gasteiger partial charge in [-0.3, -0.25) is 9.59 Å². The second-order valence-electron chi connectivity index (χ2n) is 6.37. The molecule has 0 unspecified atom stereocenters. The van der Waals surface area contributed by atoms with Crippen LogP contribution < -0.4 is 16.4 Å². The highest BCUT2D eigenvalue weighted by atomic mass is 19.4. The lowest BCUT2D eigenvalue weighted by molar-refractivity contribution is -0.192. The number of hydrogen-bond acceptors (Lipinski definition) is 5. The number of aliphatic carboxylic acids is 2. The topological polar surface area (TPSA) is 159 Å². The van der Waals surface area contributed by atoms with Crippen molar-refractivity contribution >= 4 is 23.8 Å². The third kappa shape index (κ3) is 14.8. The van der Waals surface area contributed by atoms with Crippen molar-refractivity contribution in [2.24, 2.45) is 11.7 Å². The number of hydrogen-bond donors (Lipinski definition) is 5. The standard InChI is InChI=1S/C14H27N3O4.C2HF3O2/c1-9(2)8-12(16-10(3)18)13(19)17-11(14(20)21)6-4-5-7-15;3-2(4,5)1(6)7/h9,11-12H,4-8,15H2,1-3H3,(H,16,18)(H,17,19)(H,20,21);(H,6,7)/t11-,12-;/m0./s1. The molecular formula is C16H28F3N3O6. The number of nitrogens with one attached hydrogen (secondary N) is 2. The minimum atomic E-state index is -5.08. The van der Waals surface area contributed by atoms with Gasteiger partial charge in [0.05, 0.1) is 0 Å². The van der Waals surface area contributed by atoms with E-state index in [4.69, 9.17) is 20.7 Å². The Kier molecular flexibility index (Phi) is 13.7. The van der Waals surface area contributed by atoms with Gasteiger partial charge in [0.25, 0.3) is 0 Å². The molecule has 0 fully saturated rings. The Morgan fingerprint density at radius 3 is 1.82 bits per heavy atom. The number of carboxylic acid groups (broad SMARTS) is 2. The Bertz CT molecular complexity index is 526. The Morgan fingerprint density at radius 2 is 1.50 bits per heavy atom. The molecule has 6 N–H and O–H groups in total. The second kappa shape index (κ2) is 13.7. The molecule has 0 rings (SSSR count). The molecule has 0 heterocycles. The fourth-order valence-electron chi connectivity index (χ4n) is 1.97. The van der Waals surface area contributed by atoms with E-state index in [0.717, 1.165) is 0 Å². The average molecular weight is 415 g/mol. The fraction of sp³-hybridized carbons (Fsp3) is 0.750. The van der Waals surface area contributed by atoms with Gasteiger partial charge < -0.3 is 26.6 Å². The SMILES string of the molecule is CC(=O)N[C@@H](CC(C)C)C(=O)N[C@@H](CCCCN)C(=O)O.O=C(O)C(F)(F)F. The van der Waals surface area contributed by atoms with Crippen LogP contribution in [0.3, 0.4) is 0 Å². The predicted molar refractivity (Wildman–Crippen MR) is 93.2 cm³/mol. The number of carboxylic acids is 2. The van der Waals surface area contributed by atoms with Gasteiger partial charge in [-0.05, 0) is 38.1 Å². The zero-order valence-corrected chi connectivity index (χ0v) is 16.0. The number of amides is 2. The molecule has 0 bridgehead atoms. The minimum Gasteiger partial charge on any atom is -0.480 e. The van der Waals surface area contributed by atoms with Crippen molar-refractivity contribution < 1.29 is 42.6 Å². The van der Waals surface area contributed by atoms with Gasteiger partial charge in [0.2, 0.25) is 11.8 Å². The third-order valence-corrected chi connectivity index (χ3v) is 3.21. The van der Waals surface area contributed by atoms with Crippen molar-refractivity contribution in [3.63, 3.8) is 0 Å². The average Bonchev–Trinajstić information content (AvgIpc) is 2.51. The molecular weight excluding hydrogens is 387 g/mol. The molecule has 0 aromatic carbocycles. The molecule has 0 aliphatic heterocycles. The van der Waals surface area contributed by atoms with E-state index >= 15 is 0 Å². The van der Waals surface area contributed by atoms with E-state index in [0.29, 0.717) is 32.2 Å². The molecule has 0 aliphatic carbocycles. The summed E-state index contributed by atoms with van der Waals surface area (Å²) in [6.07, 6.45) is -2.96. The maximum atomic E-state index is 12.1.